The van der Waals surface area contributed by atoms with E-state index in [0.29, 0.717) is 36.2 Å². The van der Waals surface area contributed by atoms with Gasteiger partial charge in [0.2, 0.25) is 5.43 Å². The number of methoxy groups -OCH3 is 2. The van der Waals surface area contributed by atoms with Crippen LogP contribution in [0, 0.1) is 0 Å². The van der Waals surface area contributed by atoms with Crippen molar-refractivity contribution in [2.45, 2.75) is 26.2 Å². The van der Waals surface area contributed by atoms with Gasteiger partial charge in [0.05, 0.1) is 20.8 Å². The summed E-state index contributed by atoms with van der Waals surface area (Å²) in [5.41, 5.74) is 2.04. The quantitative estimate of drug-likeness (QED) is 0.775. The van der Waals surface area contributed by atoms with Gasteiger partial charge in [-0.25, -0.2) is 0 Å². The molecule has 0 spiro atoms. The van der Waals surface area contributed by atoms with Crippen molar-refractivity contribution in [3.63, 3.8) is 0 Å². The van der Waals surface area contributed by atoms with Crippen molar-refractivity contribution in [1.82, 2.24) is 0 Å². The number of hydrogen-bond acceptors (Lipinski definition) is 4. The molecular formula is C20H24O4. The summed E-state index contributed by atoms with van der Waals surface area (Å²) < 4.78 is 16.3. The zero-order valence-electron chi connectivity index (χ0n) is 14.7. The van der Waals surface area contributed by atoms with E-state index in [9.17, 15) is 4.79 Å². The molecule has 0 radical (unpaired) electrons. The molecule has 0 N–H and O–H groups in total. The molecule has 0 saturated carbocycles. The molecule has 0 aliphatic carbocycles. The maximum Gasteiger partial charge on any atom is 0.220 e. The highest BCUT2D eigenvalue weighted by Gasteiger charge is 2.06. The summed E-state index contributed by atoms with van der Waals surface area (Å²) in [4.78, 5) is 12.1. The maximum atomic E-state index is 12.1. The molecule has 2 aromatic carbocycles. The van der Waals surface area contributed by atoms with Crippen LogP contribution in [-0.4, -0.2) is 20.8 Å². The van der Waals surface area contributed by atoms with Crippen molar-refractivity contribution >= 4 is 0 Å². The Labute approximate surface area is 143 Å². The normalized spacial score (nSPS) is 10.5. The Bertz CT molecular complexity index is 738. The molecular weight excluding hydrogens is 304 g/mol. The molecule has 2 rings (SSSR count). The molecule has 0 atom stereocenters. The fourth-order valence-corrected chi connectivity index (χ4v) is 2.39. The Morgan fingerprint density at radius 3 is 2.33 bits per heavy atom. The van der Waals surface area contributed by atoms with Crippen LogP contribution >= 0.6 is 0 Å². The Hall–Kier alpha value is -2.49. The summed E-state index contributed by atoms with van der Waals surface area (Å²) in [5.74, 6) is 2.11. The molecule has 0 bridgehead atoms. The van der Waals surface area contributed by atoms with Crippen LogP contribution in [0.3, 0.4) is 0 Å². The average Bonchev–Trinajstić information content (AvgIpc) is 2.76. The summed E-state index contributed by atoms with van der Waals surface area (Å²) in [6.07, 6.45) is 0.676. The van der Waals surface area contributed by atoms with Crippen molar-refractivity contribution in [3.8, 4) is 17.2 Å². The highest BCUT2D eigenvalue weighted by Crippen LogP contribution is 2.27. The molecule has 0 heterocycles. The molecule has 0 saturated heterocycles. The van der Waals surface area contributed by atoms with E-state index in [1.54, 1.807) is 20.3 Å². The number of hydrogen-bond donors (Lipinski definition) is 0. The molecule has 4 heteroatoms. The zero-order valence-corrected chi connectivity index (χ0v) is 14.7. The fourth-order valence-electron chi connectivity index (χ4n) is 2.39. The third-order valence-corrected chi connectivity index (χ3v) is 3.84. The van der Waals surface area contributed by atoms with Crippen LogP contribution in [0.4, 0.5) is 0 Å². The predicted molar refractivity (Wildman–Crippen MR) is 95.5 cm³/mol. The van der Waals surface area contributed by atoms with E-state index >= 15 is 0 Å². The molecule has 0 amide bonds. The minimum atomic E-state index is -0.103. The first-order chi connectivity index (χ1) is 11.5. The van der Waals surface area contributed by atoms with Crippen LogP contribution in [0.5, 0.6) is 17.2 Å². The lowest BCUT2D eigenvalue weighted by molar-refractivity contribution is 0.318. The summed E-state index contributed by atoms with van der Waals surface area (Å²) in [5, 5.41) is 0. The first-order valence-corrected chi connectivity index (χ1v) is 8.03. The topological polar surface area (TPSA) is 44.8 Å². The van der Waals surface area contributed by atoms with Gasteiger partial charge in [0.25, 0.3) is 0 Å². The number of rotatable bonds is 7. The number of ether oxygens (including phenoxy) is 3. The molecule has 0 aliphatic rings. The summed E-state index contributed by atoms with van der Waals surface area (Å²) in [7, 11) is 3.22. The number of benzene rings is 1. The van der Waals surface area contributed by atoms with Gasteiger partial charge in [0.15, 0.2) is 17.2 Å². The molecule has 128 valence electrons. The Morgan fingerprint density at radius 1 is 0.917 bits per heavy atom. The summed E-state index contributed by atoms with van der Waals surface area (Å²) >= 11 is 0. The van der Waals surface area contributed by atoms with Gasteiger partial charge in [-0.05, 0) is 41.3 Å². The smallest absolute Gasteiger partial charge is 0.220 e. The van der Waals surface area contributed by atoms with Gasteiger partial charge in [0, 0.05) is 6.42 Å². The van der Waals surface area contributed by atoms with E-state index < -0.39 is 0 Å². The van der Waals surface area contributed by atoms with Gasteiger partial charge < -0.3 is 14.2 Å². The summed E-state index contributed by atoms with van der Waals surface area (Å²) in [6, 6.07) is 12.9. The lowest BCUT2D eigenvalue weighted by Gasteiger charge is -2.10. The lowest BCUT2D eigenvalue weighted by Crippen LogP contribution is -2.08. The van der Waals surface area contributed by atoms with Crippen molar-refractivity contribution in [2.24, 2.45) is 0 Å². The van der Waals surface area contributed by atoms with Crippen molar-refractivity contribution < 1.29 is 14.2 Å². The first kappa shape index (κ1) is 17.9. The molecule has 0 fully saturated rings. The van der Waals surface area contributed by atoms with Crippen molar-refractivity contribution in [1.29, 1.82) is 0 Å². The second-order valence-corrected chi connectivity index (χ2v) is 5.84. The van der Waals surface area contributed by atoms with Crippen molar-refractivity contribution in [2.75, 3.05) is 20.8 Å². The minimum Gasteiger partial charge on any atom is -0.493 e. The monoisotopic (exact) mass is 328 g/mol. The zero-order chi connectivity index (χ0) is 17.5. The van der Waals surface area contributed by atoms with E-state index in [0.717, 1.165) is 11.1 Å². The van der Waals surface area contributed by atoms with Crippen LogP contribution < -0.4 is 19.6 Å². The average molecular weight is 328 g/mol. The van der Waals surface area contributed by atoms with Crippen LogP contribution in [0.1, 0.15) is 30.9 Å². The van der Waals surface area contributed by atoms with E-state index in [1.807, 2.05) is 30.3 Å². The van der Waals surface area contributed by atoms with Gasteiger partial charge in [0.1, 0.15) is 0 Å². The molecule has 24 heavy (non-hydrogen) atoms. The first-order valence-electron chi connectivity index (χ1n) is 8.03. The Morgan fingerprint density at radius 2 is 1.67 bits per heavy atom. The van der Waals surface area contributed by atoms with Crippen LogP contribution in [0.15, 0.2) is 47.3 Å². The van der Waals surface area contributed by atoms with E-state index in [1.165, 1.54) is 6.07 Å². The largest absolute Gasteiger partial charge is 0.493 e. The van der Waals surface area contributed by atoms with Gasteiger partial charge in [-0.3, -0.25) is 4.79 Å². The van der Waals surface area contributed by atoms with Gasteiger partial charge in [-0.15, -0.1) is 0 Å². The lowest BCUT2D eigenvalue weighted by atomic mass is 10.1. The van der Waals surface area contributed by atoms with Crippen molar-refractivity contribution in [3.05, 3.63) is 63.8 Å². The van der Waals surface area contributed by atoms with E-state index in [2.05, 4.69) is 13.8 Å². The van der Waals surface area contributed by atoms with Crippen LogP contribution in [-0.2, 0) is 6.42 Å². The van der Waals surface area contributed by atoms with Crippen LogP contribution in [0.2, 0.25) is 0 Å². The standard InChI is InChI=1S/C20H24O4/c1-14(2)16-6-5-7-17(21)19(13-16)24-11-10-15-8-9-18(22-3)20(12-15)23-4/h5-9,12-14H,10-11H2,1-4H3. The minimum absolute atomic E-state index is 0.103. The second kappa shape index (κ2) is 8.39. The molecule has 2 aromatic rings. The van der Waals surface area contributed by atoms with Gasteiger partial charge >= 0.3 is 0 Å². The Balaban J connectivity index is 2.08. The Kier molecular flexibility index (Phi) is 6.24. The highest BCUT2D eigenvalue weighted by atomic mass is 16.5. The third kappa shape index (κ3) is 4.51. The molecule has 0 aliphatic heterocycles. The highest BCUT2D eigenvalue weighted by molar-refractivity contribution is 5.43. The van der Waals surface area contributed by atoms with Gasteiger partial charge in [-0.2, -0.15) is 0 Å². The predicted octanol–water partition coefficient (Wildman–Crippen LogP) is 3.81. The molecule has 0 unspecified atom stereocenters. The maximum absolute atomic E-state index is 12.1. The SMILES string of the molecule is COc1ccc(CCOc2cc(C(C)C)cccc2=O)cc1OC. The van der Waals surface area contributed by atoms with E-state index in [4.69, 9.17) is 14.2 Å². The third-order valence-electron chi connectivity index (χ3n) is 3.84. The van der Waals surface area contributed by atoms with E-state index in [-0.39, 0.29) is 5.43 Å². The molecule has 0 aromatic heterocycles. The van der Waals surface area contributed by atoms with Gasteiger partial charge in [-0.1, -0.05) is 32.0 Å². The fraction of sp³-hybridized carbons (Fsp3) is 0.350. The van der Waals surface area contributed by atoms with Crippen LogP contribution in [0.25, 0.3) is 0 Å². The summed E-state index contributed by atoms with van der Waals surface area (Å²) in [6.45, 7) is 4.60. The second-order valence-electron chi connectivity index (χ2n) is 5.84. The molecule has 4 nitrogen and oxygen atoms in total.